The van der Waals surface area contributed by atoms with Crippen LogP contribution in [0.25, 0.3) is 11.8 Å². The molecule has 3 aromatic rings. The van der Waals surface area contributed by atoms with Gasteiger partial charge in [0.15, 0.2) is 0 Å². The average Bonchev–Trinajstić information content (AvgIpc) is 3.25. The molecule has 1 aliphatic rings. The van der Waals surface area contributed by atoms with Crippen LogP contribution in [0.2, 0.25) is 10.0 Å². The summed E-state index contributed by atoms with van der Waals surface area (Å²) in [6, 6.07) is 17.2. The topological polar surface area (TPSA) is 51.5 Å². The van der Waals surface area contributed by atoms with Crippen molar-refractivity contribution in [1.82, 2.24) is 9.47 Å². The Morgan fingerprint density at radius 3 is 2.43 bits per heavy atom. The second kappa shape index (κ2) is 10.1. The fourth-order valence-electron chi connectivity index (χ4n) is 4.50. The second-order valence-corrected chi connectivity index (χ2v) is 9.30. The smallest absolute Gasteiger partial charge is 0.340 e. The van der Waals surface area contributed by atoms with E-state index in [-0.39, 0.29) is 11.5 Å². The monoisotopic (exact) mass is 508 g/mol. The van der Waals surface area contributed by atoms with E-state index in [0.717, 1.165) is 28.2 Å². The van der Waals surface area contributed by atoms with E-state index in [1.54, 1.807) is 36.1 Å². The fourth-order valence-corrected chi connectivity index (χ4v) is 4.87. The molecule has 2 heterocycles. The number of ether oxygens (including phenoxy) is 1. The molecule has 7 heteroatoms. The molecular formula is C28H26Cl2N2O3. The molecule has 0 atom stereocenters. The molecule has 0 bridgehead atoms. The summed E-state index contributed by atoms with van der Waals surface area (Å²) in [5, 5.41) is 1.13. The molecule has 0 unspecified atom stereocenters. The number of allylic oxidation sites excluding steroid dienone is 1. The van der Waals surface area contributed by atoms with E-state index in [4.69, 9.17) is 27.9 Å². The molecule has 0 fully saturated rings. The number of rotatable bonds is 6. The molecule has 5 nitrogen and oxygen atoms in total. The molecule has 35 heavy (non-hydrogen) atoms. The summed E-state index contributed by atoms with van der Waals surface area (Å²) in [6.45, 7) is 6.14. The van der Waals surface area contributed by atoms with E-state index in [1.807, 2.05) is 54.8 Å². The van der Waals surface area contributed by atoms with Crippen LogP contribution in [-0.4, -0.2) is 35.0 Å². The van der Waals surface area contributed by atoms with E-state index in [0.29, 0.717) is 34.3 Å². The van der Waals surface area contributed by atoms with Gasteiger partial charge in [0.25, 0.3) is 5.91 Å². The Balaban J connectivity index is 1.75. The second-order valence-electron chi connectivity index (χ2n) is 8.46. The van der Waals surface area contributed by atoms with Crippen molar-refractivity contribution in [3.8, 4) is 5.69 Å². The van der Waals surface area contributed by atoms with E-state index in [2.05, 4.69) is 0 Å². The van der Waals surface area contributed by atoms with Crippen molar-refractivity contribution in [1.29, 1.82) is 0 Å². The summed E-state index contributed by atoms with van der Waals surface area (Å²) < 4.78 is 7.02. The van der Waals surface area contributed by atoms with Gasteiger partial charge in [-0.3, -0.25) is 4.79 Å². The van der Waals surface area contributed by atoms with Gasteiger partial charge in [-0.1, -0.05) is 53.5 Å². The zero-order valence-electron chi connectivity index (χ0n) is 20.1. The van der Waals surface area contributed by atoms with Crippen molar-refractivity contribution in [3.63, 3.8) is 0 Å². The maximum Gasteiger partial charge on any atom is 0.340 e. The lowest BCUT2D eigenvalue weighted by Crippen LogP contribution is -2.27. The highest BCUT2D eigenvalue weighted by Gasteiger charge is 2.37. The van der Waals surface area contributed by atoms with Gasteiger partial charge in [0.05, 0.1) is 29.0 Å². The number of amides is 1. The summed E-state index contributed by atoms with van der Waals surface area (Å²) in [5.41, 5.74) is 5.67. The Kier molecular flexibility index (Phi) is 7.20. The van der Waals surface area contributed by atoms with Gasteiger partial charge in [0.1, 0.15) is 0 Å². The highest BCUT2D eigenvalue weighted by molar-refractivity contribution is 6.34. The highest BCUT2D eigenvalue weighted by Crippen LogP contribution is 2.34. The van der Waals surface area contributed by atoms with Gasteiger partial charge in [-0.2, -0.15) is 0 Å². The maximum absolute atomic E-state index is 13.5. The third-order valence-corrected chi connectivity index (χ3v) is 6.84. The number of halogens is 2. The van der Waals surface area contributed by atoms with E-state index >= 15 is 0 Å². The van der Waals surface area contributed by atoms with Crippen molar-refractivity contribution in [2.75, 3.05) is 13.7 Å². The highest BCUT2D eigenvalue weighted by atomic mass is 35.5. The Bertz CT molecular complexity index is 1370. The van der Waals surface area contributed by atoms with Crippen LogP contribution in [0.1, 0.15) is 29.4 Å². The Morgan fingerprint density at radius 2 is 1.74 bits per heavy atom. The molecule has 1 amide bonds. The first-order chi connectivity index (χ1) is 16.7. The van der Waals surface area contributed by atoms with Crippen LogP contribution in [-0.2, 0) is 20.7 Å². The first-order valence-electron chi connectivity index (χ1n) is 11.2. The molecule has 0 spiro atoms. The molecule has 180 valence electrons. The summed E-state index contributed by atoms with van der Waals surface area (Å²) in [5.74, 6) is -0.750. The van der Waals surface area contributed by atoms with Crippen LogP contribution in [0, 0.1) is 13.8 Å². The Labute approximate surface area is 215 Å². The standard InChI is InChI=1S/C28H26Cl2N2O3/c1-17-14-21(18(2)32(17)25-16-22(29)10-11-24(25)30)15-23-26(28(34)35-4)19(3)31(27(23)33)13-12-20-8-6-5-7-9-20/h5-11,14-16H,12-13H2,1-4H3/b23-15-. The number of nitrogens with zero attached hydrogens (tertiary/aromatic N) is 2. The number of carbonyl (C=O) groups is 2. The van der Waals surface area contributed by atoms with Gasteiger partial charge < -0.3 is 14.2 Å². The zero-order chi connectivity index (χ0) is 25.3. The van der Waals surface area contributed by atoms with Crippen molar-refractivity contribution in [2.45, 2.75) is 27.2 Å². The number of hydrogen-bond acceptors (Lipinski definition) is 3. The number of benzene rings is 2. The Hall–Kier alpha value is -3.28. The third-order valence-electron chi connectivity index (χ3n) is 6.29. The van der Waals surface area contributed by atoms with E-state index in [1.165, 1.54) is 7.11 Å². The molecule has 1 aliphatic heterocycles. The minimum Gasteiger partial charge on any atom is -0.465 e. The molecule has 2 aromatic carbocycles. The predicted octanol–water partition coefficient (Wildman–Crippen LogP) is 6.32. The van der Waals surface area contributed by atoms with Crippen molar-refractivity contribution in [2.24, 2.45) is 0 Å². The number of carbonyl (C=O) groups excluding carboxylic acids is 2. The van der Waals surface area contributed by atoms with Crippen LogP contribution in [0.3, 0.4) is 0 Å². The molecule has 1 aromatic heterocycles. The summed E-state index contributed by atoms with van der Waals surface area (Å²) in [7, 11) is 1.32. The number of methoxy groups -OCH3 is 1. The van der Waals surface area contributed by atoms with Gasteiger partial charge in [-0.25, -0.2) is 4.79 Å². The predicted molar refractivity (Wildman–Crippen MR) is 140 cm³/mol. The summed E-state index contributed by atoms with van der Waals surface area (Å²) >= 11 is 12.7. The SMILES string of the molecule is COC(=O)C1=C(C)N(CCc2ccccc2)C(=O)/C1=C\c1cc(C)n(-c2cc(Cl)ccc2Cl)c1C. The normalized spacial score (nSPS) is 14.9. The molecular weight excluding hydrogens is 483 g/mol. The molecule has 0 N–H and O–H groups in total. The maximum atomic E-state index is 13.5. The zero-order valence-corrected chi connectivity index (χ0v) is 21.6. The van der Waals surface area contributed by atoms with Crippen LogP contribution >= 0.6 is 23.2 Å². The van der Waals surface area contributed by atoms with Crippen molar-refractivity contribution in [3.05, 3.63) is 104 Å². The van der Waals surface area contributed by atoms with Gasteiger partial charge in [0, 0.05) is 28.7 Å². The van der Waals surface area contributed by atoms with Gasteiger partial charge in [-0.05, 0) is 68.7 Å². The molecule has 0 saturated carbocycles. The molecule has 0 radical (unpaired) electrons. The molecule has 0 aliphatic carbocycles. The number of aromatic nitrogens is 1. The minimum atomic E-state index is -0.531. The van der Waals surface area contributed by atoms with Crippen LogP contribution in [0.4, 0.5) is 0 Å². The van der Waals surface area contributed by atoms with Gasteiger partial charge >= 0.3 is 5.97 Å². The fraction of sp³-hybridized carbons (Fsp3) is 0.214. The summed E-state index contributed by atoms with van der Waals surface area (Å²) in [4.78, 5) is 27.9. The average molecular weight is 509 g/mol. The molecule has 4 rings (SSSR count). The first kappa shape index (κ1) is 24.8. The first-order valence-corrected chi connectivity index (χ1v) is 12.0. The van der Waals surface area contributed by atoms with Crippen LogP contribution in [0.5, 0.6) is 0 Å². The quantitative estimate of drug-likeness (QED) is 0.289. The van der Waals surface area contributed by atoms with Gasteiger partial charge in [0.2, 0.25) is 0 Å². The lowest BCUT2D eigenvalue weighted by Gasteiger charge is -2.17. The number of aryl methyl sites for hydroxylation is 1. The van der Waals surface area contributed by atoms with Crippen LogP contribution in [0.15, 0.2) is 71.4 Å². The van der Waals surface area contributed by atoms with Gasteiger partial charge in [-0.15, -0.1) is 0 Å². The largest absolute Gasteiger partial charge is 0.465 e. The number of hydrogen-bond donors (Lipinski definition) is 0. The minimum absolute atomic E-state index is 0.218. The Morgan fingerprint density at radius 1 is 1.03 bits per heavy atom. The van der Waals surface area contributed by atoms with Crippen molar-refractivity contribution < 1.29 is 14.3 Å². The lowest BCUT2D eigenvalue weighted by molar-refractivity contribution is -0.136. The van der Waals surface area contributed by atoms with Crippen molar-refractivity contribution >= 4 is 41.2 Å². The lowest BCUT2D eigenvalue weighted by atomic mass is 10.0. The van der Waals surface area contributed by atoms with E-state index in [9.17, 15) is 9.59 Å². The third kappa shape index (κ3) is 4.79. The van der Waals surface area contributed by atoms with Crippen LogP contribution < -0.4 is 0 Å². The number of esters is 1. The molecule has 0 saturated heterocycles. The summed E-state index contributed by atoms with van der Waals surface area (Å²) in [6.07, 6.45) is 2.44. The van der Waals surface area contributed by atoms with E-state index < -0.39 is 5.97 Å².